The van der Waals surface area contributed by atoms with Gasteiger partial charge in [0.1, 0.15) is 0 Å². The highest BCUT2D eigenvalue weighted by Gasteiger charge is 2.21. The molecule has 0 aliphatic carbocycles. The van der Waals surface area contributed by atoms with Crippen molar-refractivity contribution in [3.05, 3.63) is 18.2 Å². The SMILES string of the molecule is CCCN(CCNS(=O)(=O)c1ccc2c(c1)OCO2)S(C)(=O)=O. The van der Waals surface area contributed by atoms with E-state index in [-0.39, 0.29) is 24.8 Å². The molecule has 0 atom stereocenters. The number of hydrogen-bond donors (Lipinski definition) is 1. The minimum atomic E-state index is -3.75. The third-order valence-electron chi connectivity index (χ3n) is 3.25. The minimum Gasteiger partial charge on any atom is -0.454 e. The van der Waals surface area contributed by atoms with E-state index in [9.17, 15) is 16.8 Å². The molecule has 0 bridgehead atoms. The number of ether oxygens (including phenoxy) is 2. The summed E-state index contributed by atoms with van der Waals surface area (Å²) in [6.45, 7) is 2.34. The summed E-state index contributed by atoms with van der Waals surface area (Å²) in [6.07, 6.45) is 1.76. The van der Waals surface area contributed by atoms with Crippen LogP contribution < -0.4 is 14.2 Å². The second-order valence-corrected chi connectivity index (χ2v) is 8.82. The molecule has 1 heterocycles. The molecule has 10 heteroatoms. The van der Waals surface area contributed by atoms with Gasteiger partial charge < -0.3 is 9.47 Å². The number of nitrogens with zero attached hydrogens (tertiary/aromatic N) is 1. The Morgan fingerprint density at radius 2 is 1.83 bits per heavy atom. The van der Waals surface area contributed by atoms with Gasteiger partial charge in [0, 0.05) is 25.7 Å². The zero-order valence-electron chi connectivity index (χ0n) is 13.0. The highest BCUT2D eigenvalue weighted by atomic mass is 32.2. The molecule has 0 unspecified atom stereocenters. The van der Waals surface area contributed by atoms with E-state index in [1.165, 1.54) is 22.5 Å². The van der Waals surface area contributed by atoms with Crippen molar-refractivity contribution in [2.24, 2.45) is 0 Å². The van der Waals surface area contributed by atoms with Crippen molar-refractivity contribution in [1.82, 2.24) is 9.03 Å². The van der Waals surface area contributed by atoms with Gasteiger partial charge >= 0.3 is 0 Å². The van der Waals surface area contributed by atoms with Crippen LogP contribution in [-0.2, 0) is 20.0 Å². The molecule has 1 aliphatic rings. The maximum absolute atomic E-state index is 12.2. The molecule has 23 heavy (non-hydrogen) atoms. The van der Waals surface area contributed by atoms with Gasteiger partial charge in [-0.05, 0) is 18.6 Å². The number of sulfonamides is 2. The smallest absolute Gasteiger partial charge is 0.240 e. The van der Waals surface area contributed by atoms with Crippen molar-refractivity contribution in [1.29, 1.82) is 0 Å². The van der Waals surface area contributed by atoms with Gasteiger partial charge in [0.15, 0.2) is 11.5 Å². The fraction of sp³-hybridized carbons (Fsp3) is 0.538. The first-order valence-electron chi connectivity index (χ1n) is 7.08. The van der Waals surface area contributed by atoms with Crippen LogP contribution in [0, 0.1) is 0 Å². The van der Waals surface area contributed by atoms with E-state index < -0.39 is 20.0 Å². The standard InChI is InChI=1S/C13H20N2O6S2/c1-3-7-15(22(2,16)17)8-6-14-23(18,19)11-4-5-12-13(9-11)21-10-20-12/h4-5,9,14H,3,6-8,10H2,1-2H3. The quantitative estimate of drug-likeness (QED) is 0.715. The molecular weight excluding hydrogens is 344 g/mol. The Bertz CT molecular complexity index is 761. The van der Waals surface area contributed by atoms with Gasteiger partial charge in [-0.3, -0.25) is 0 Å². The molecule has 0 fully saturated rings. The predicted molar refractivity (Wildman–Crippen MR) is 84.5 cm³/mol. The third kappa shape index (κ3) is 4.56. The fourth-order valence-electron chi connectivity index (χ4n) is 2.12. The van der Waals surface area contributed by atoms with Gasteiger partial charge in [0.05, 0.1) is 11.2 Å². The fourth-order valence-corrected chi connectivity index (χ4v) is 4.10. The summed E-state index contributed by atoms with van der Waals surface area (Å²) in [5.41, 5.74) is 0. The monoisotopic (exact) mass is 364 g/mol. The van der Waals surface area contributed by atoms with E-state index in [0.29, 0.717) is 24.5 Å². The molecule has 2 rings (SSSR count). The van der Waals surface area contributed by atoms with Crippen molar-refractivity contribution in [2.45, 2.75) is 18.2 Å². The van der Waals surface area contributed by atoms with Crippen LogP contribution in [-0.4, -0.2) is 53.8 Å². The average Bonchev–Trinajstić information content (AvgIpc) is 2.92. The summed E-state index contributed by atoms with van der Waals surface area (Å²) in [5, 5.41) is 0. The lowest BCUT2D eigenvalue weighted by Gasteiger charge is -2.19. The van der Waals surface area contributed by atoms with Crippen LogP contribution in [0.4, 0.5) is 0 Å². The molecule has 0 aromatic heterocycles. The Hall–Kier alpha value is -1.36. The molecule has 130 valence electrons. The first-order chi connectivity index (χ1) is 10.7. The first kappa shape index (κ1) is 18.0. The lowest BCUT2D eigenvalue weighted by molar-refractivity contribution is 0.174. The first-order valence-corrected chi connectivity index (χ1v) is 10.4. The second-order valence-electron chi connectivity index (χ2n) is 5.07. The average molecular weight is 364 g/mol. The summed E-state index contributed by atoms with van der Waals surface area (Å²) in [7, 11) is -7.10. The number of nitrogens with one attached hydrogen (secondary N) is 1. The summed E-state index contributed by atoms with van der Waals surface area (Å²) >= 11 is 0. The highest BCUT2D eigenvalue weighted by Crippen LogP contribution is 2.33. The van der Waals surface area contributed by atoms with Gasteiger partial charge in [0.25, 0.3) is 0 Å². The zero-order chi connectivity index (χ0) is 17.1. The van der Waals surface area contributed by atoms with Gasteiger partial charge in [0.2, 0.25) is 26.8 Å². The van der Waals surface area contributed by atoms with Crippen molar-refractivity contribution in [3.8, 4) is 11.5 Å². The predicted octanol–water partition coefficient (Wildman–Crippen LogP) is 0.365. The van der Waals surface area contributed by atoms with Crippen molar-refractivity contribution in [2.75, 3.05) is 32.7 Å². The van der Waals surface area contributed by atoms with Crippen LogP contribution in [0.2, 0.25) is 0 Å². The molecule has 1 N–H and O–H groups in total. The molecule has 0 saturated heterocycles. The Balaban J connectivity index is 2.01. The largest absolute Gasteiger partial charge is 0.454 e. The number of hydrogen-bond acceptors (Lipinski definition) is 6. The Morgan fingerprint density at radius 3 is 2.48 bits per heavy atom. The molecular formula is C13H20N2O6S2. The zero-order valence-corrected chi connectivity index (χ0v) is 14.6. The molecule has 0 saturated carbocycles. The van der Waals surface area contributed by atoms with Crippen molar-refractivity contribution < 1.29 is 26.3 Å². The summed E-state index contributed by atoms with van der Waals surface area (Å²) in [6, 6.07) is 4.32. The summed E-state index contributed by atoms with van der Waals surface area (Å²) in [4.78, 5) is 0.0446. The summed E-state index contributed by atoms with van der Waals surface area (Å²) < 4.78 is 61.6. The second kappa shape index (κ2) is 7.04. The normalized spacial score (nSPS) is 14.4. The molecule has 1 aromatic rings. The highest BCUT2D eigenvalue weighted by molar-refractivity contribution is 7.89. The number of rotatable bonds is 8. The van der Waals surface area contributed by atoms with Crippen LogP contribution in [0.1, 0.15) is 13.3 Å². The lowest BCUT2D eigenvalue weighted by Crippen LogP contribution is -2.38. The maximum atomic E-state index is 12.2. The number of benzene rings is 1. The van der Waals surface area contributed by atoms with E-state index in [2.05, 4.69) is 4.72 Å². The minimum absolute atomic E-state index is 0.0101. The van der Waals surface area contributed by atoms with Gasteiger partial charge in [-0.1, -0.05) is 6.92 Å². The maximum Gasteiger partial charge on any atom is 0.240 e. The van der Waals surface area contributed by atoms with E-state index in [1.54, 1.807) is 0 Å². The van der Waals surface area contributed by atoms with Gasteiger partial charge in [-0.2, -0.15) is 0 Å². The van der Waals surface area contributed by atoms with Crippen LogP contribution in [0.25, 0.3) is 0 Å². The molecule has 0 radical (unpaired) electrons. The Labute approximate surface area is 136 Å². The van der Waals surface area contributed by atoms with E-state index in [0.717, 1.165) is 6.26 Å². The van der Waals surface area contributed by atoms with E-state index in [1.807, 2.05) is 6.92 Å². The van der Waals surface area contributed by atoms with E-state index >= 15 is 0 Å². The Kier molecular flexibility index (Phi) is 5.50. The van der Waals surface area contributed by atoms with Crippen LogP contribution in [0.15, 0.2) is 23.1 Å². The molecule has 0 amide bonds. The molecule has 0 spiro atoms. The summed E-state index contributed by atoms with van der Waals surface area (Å²) in [5.74, 6) is 0.867. The van der Waals surface area contributed by atoms with Crippen LogP contribution >= 0.6 is 0 Å². The van der Waals surface area contributed by atoms with Crippen LogP contribution in [0.5, 0.6) is 11.5 Å². The van der Waals surface area contributed by atoms with Crippen molar-refractivity contribution in [3.63, 3.8) is 0 Å². The van der Waals surface area contributed by atoms with Crippen LogP contribution in [0.3, 0.4) is 0 Å². The van der Waals surface area contributed by atoms with Gasteiger partial charge in [-0.15, -0.1) is 0 Å². The Morgan fingerprint density at radius 1 is 1.13 bits per heavy atom. The van der Waals surface area contributed by atoms with E-state index in [4.69, 9.17) is 9.47 Å². The topological polar surface area (TPSA) is 102 Å². The lowest BCUT2D eigenvalue weighted by atomic mass is 10.3. The molecule has 1 aromatic carbocycles. The number of fused-ring (bicyclic) bond motifs is 1. The van der Waals surface area contributed by atoms with Crippen molar-refractivity contribution >= 4 is 20.0 Å². The third-order valence-corrected chi connectivity index (χ3v) is 6.01. The molecule has 1 aliphatic heterocycles. The van der Waals surface area contributed by atoms with Gasteiger partial charge in [-0.25, -0.2) is 25.9 Å². The molecule has 8 nitrogen and oxygen atoms in total.